The van der Waals surface area contributed by atoms with E-state index >= 15 is 0 Å². The van der Waals surface area contributed by atoms with E-state index in [1.165, 1.54) is 5.56 Å². The van der Waals surface area contributed by atoms with E-state index in [1.807, 2.05) is 36.4 Å². The van der Waals surface area contributed by atoms with Crippen LogP contribution >= 0.6 is 23.2 Å². The Hall–Kier alpha value is -2.27. The van der Waals surface area contributed by atoms with Gasteiger partial charge in [-0.25, -0.2) is 0 Å². The monoisotopic (exact) mass is 402 g/mol. The summed E-state index contributed by atoms with van der Waals surface area (Å²) in [4.78, 5) is 4.03. The molecular weight excluding hydrogens is 383 g/mol. The van der Waals surface area contributed by atoms with Crippen molar-refractivity contribution in [3.63, 3.8) is 0 Å². The first-order valence-corrected chi connectivity index (χ1v) is 9.25. The minimum Gasteiger partial charge on any atom is -0.493 e. The van der Waals surface area contributed by atoms with E-state index < -0.39 is 0 Å². The van der Waals surface area contributed by atoms with E-state index in [-0.39, 0.29) is 0 Å². The summed E-state index contributed by atoms with van der Waals surface area (Å²) in [6.07, 6.45) is 3.57. The third kappa shape index (κ3) is 5.36. The van der Waals surface area contributed by atoms with Crippen molar-refractivity contribution in [3.8, 4) is 11.5 Å². The van der Waals surface area contributed by atoms with Crippen molar-refractivity contribution >= 4 is 23.2 Å². The van der Waals surface area contributed by atoms with Gasteiger partial charge in [-0.15, -0.1) is 0 Å². The molecule has 4 nitrogen and oxygen atoms in total. The van der Waals surface area contributed by atoms with Crippen LogP contribution in [0.25, 0.3) is 0 Å². The SMILES string of the molecule is COc1cccc(CNCc2ccncc2)c1OCc1ccc(Cl)cc1Cl. The van der Waals surface area contributed by atoms with Crippen molar-refractivity contribution in [1.82, 2.24) is 10.3 Å². The summed E-state index contributed by atoms with van der Waals surface area (Å²) < 4.78 is 11.5. The Bertz CT molecular complexity index is 889. The quantitative estimate of drug-likeness (QED) is 0.557. The van der Waals surface area contributed by atoms with E-state index in [9.17, 15) is 0 Å². The number of nitrogens with zero attached hydrogens (tertiary/aromatic N) is 1. The highest BCUT2D eigenvalue weighted by atomic mass is 35.5. The second-order valence-electron chi connectivity index (χ2n) is 5.93. The molecule has 6 heteroatoms. The van der Waals surface area contributed by atoms with Crippen LogP contribution in [0.5, 0.6) is 11.5 Å². The zero-order valence-electron chi connectivity index (χ0n) is 14.9. The first-order valence-electron chi connectivity index (χ1n) is 8.49. The van der Waals surface area contributed by atoms with Crippen molar-refractivity contribution < 1.29 is 9.47 Å². The lowest BCUT2D eigenvalue weighted by molar-refractivity contribution is 0.280. The average Bonchev–Trinajstić information content (AvgIpc) is 2.68. The van der Waals surface area contributed by atoms with Crippen molar-refractivity contribution in [2.45, 2.75) is 19.7 Å². The van der Waals surface area contributed by atoms with Crippen molar-refractivity contribution in [1.29, 1.82) is 0 Å². The Morgan fingerprint density at radius 1 is 0.963 bits per heavy atom. The van der Waals surface area contributed by atoms with Crippen LogP contribution in [0.3, 0.4) is 0 Å². The molecule has 1 N–H and O–H groups in total. The lowest BCUT2D eigenvalue weighted by Crippen LogP contribution is -2.14. The van der Waals surface area contributed by atoms with Gasteiger partial charge in [0.1, 0.15) is 6.61 Å². The minimum atomic E-state index is 0.327. The van der Waals surface area contributed by atoms with Gasteiger partial charge in [0.05, 0.1) is 7.11 Å². The number of ether oxygens (including phenoxy) is 2. The van der Waals surface area contributed by atoms with Gasteiger partial charge in [0.15, 0.2) is 11.5 Å². The maximum atomic E-state index is 6.25. The first-order chi connectivity index (χ1) is 13.2. The van der Waals surface area contributed by atoms with Gasteiger partial charge in [-0.3, -0.25) is 4.98 Å². The van der Waals surface area contributed by atoms with Gasteiger partial charge >= 0.3 is 0 Å². The van der Waals surface area contributed by atoms with Gasteiger partial charge in [-0.2, -0.15) is 0 Å². The third-order valence-corrected chi connectivity index (χ3v) is 4.65. The Morgan fingerprint density at radius 3 is 2.52 bits per heavy atom. The van der Waals surface area contributed by atoms with Crippen LogP contribution < -0.4 is 14.8 Å². The van der Waals surface area contributed by atoms with Gasteiger partial charge in [-0.05, 0) is 35.9 Å². The van der Waals surface area contributed by atoms with Crippen molar-refractivity contribution in [3.05, 3.63) is 87.7 Å². The van der Waals surface area contributed by atoms with Gasteiger partial charge in [-0.1, -0.05) is 41.4 Å². The lowest BCUT2D eigenvalue weighted by atomic mass is 10.1. The van der Waals surface area contributed by atoms with Crippen molar-refractivity contribution in [2.24, 2.45) is 0 Å². The number of hydrogen-bond donors (Lipinski definition) is 1. The average molecular weight is 403 g/mol. The lowest BCUT2D eigenvalue weighted by Gasteiger charge is -2.16. The summed E-state index contributed by atoms with van der Waals surface area (Å²) in [5.74, 6) is 1.39. The van der Waals surface area contributed by atoms with E-state index in [0.29, 0.717) is 34.7 Å². The van der Waals surface area contributed by atoms with Gasteiger partial charge in [0, 0.05) is 46.7 Å². The third-order valence-electron chi connectivity index (χ3n) is 4.06. The standard InChI is InChI=1S/C21H20Cl2N2O2/c1-26-20-4-2-3-16(13-25-12-15-7-9-24-10-8-15)21(20)27-14-17-5-6-18(22)11-19(17)23/h2-11,25H,12-14H2,1H3. The Kier molecular flexibility index (Phi) is 6.93. The van der Waals surface area contributed by atoms with Crippen LogP contribution in [0.15, 0.2) is 60.9 Å². The second kappa shape index (κ2) is 9.60. The highest BCUT2D eigenvalue weighted by Crippen LogP contribution is 2.32. The zero-order chi connectivity index (χ0) is 19.1. The fourth-order valence-corrected chi connectivity index (χ4v) is 3.12. The molecule has 2 aromatic carbocycles. The molecule has 3 rings (SSSR count). The number of halogens is 2. The molecule has 0 atom stereocenters. The molecule has 0 bridgehead atoms. The van der Waals surface area contributed by atoms with Gasteiger partial charge in [0.25, 0.3) is 0 Å². The topological polar surface area (TPSA) is 43.4 Å². The molecule has 27 heavy (non-hydrogen) atoms. The molecule has 140 valence electrons. The molecule has 3 aromatic rings. The molecule has 0 aliphatic rings. The van der Waals surface area contributed by atoms with Crippen LogP contribution in [0.4, 0.5) is 0 Å². The fraction of sp³-hybridized carbons (Fsp3) is 0.190. The molecule has 0 radical (unpaired) electrons. The van der Waals surface area contributed by atoms with Crippen LogP contribution in [-0.4, -0.2) is 12.1 Å². The summed E-state index contributed by atoms with van der Waals surface area (Å²) in [6.45, 7) is 1.71. The highest BCUT2D eigenvalue weighted by molar-refractivity contribution is 6.35. The molecule has 0 saturated carbocycles. The van der Waals surface area contributed by atoms with Crippen LogP contribution in [-0.2, 0) is 19.7 Å². The number of benzene rings is 2. The molecule has 0 aliphatic carbocycles. The van der Waals surface area contributed by atoms with Gasteiger partial charge < -0.3 is 14.8 Å². The number of methoxy groups -OCH3 is 1. The predicted molar refractivity (Wildman–Crippen MR) is 109 cm³/mol. The molecule has 0 aliphatic heterocycles. The second-order valence-corrected chi connectivity index (χ2v) is 6.78. The molecular formula is C21H20Cl2N2O2. The van der Waals surface area contributed by atoms with E-state index in [0.717, 1.165) is 17.7 Å². The largest absolute Gasteiger partial charge is 0.493 e. The summed E-state index contributed by atoms with van der Waals surface area (Å²) >= 11 is 12.2. The number of hydrogen-bond acceptors (Lipinski definition) is 4. The van der Waals surface area contributed by atoms with Gasteiger partial charge in [0.2, 0.25) is 0 Å². The van der Waals surface area contributed by atoms with E-state index in [4.69, 9.17) is 32.7 Å². The predicted octanol–water partition coefficient (Wildman–Crippen LogP) is 5.27. The molecule has 1 heterocycles. The smallest absolute Gasteiger partial charge is 0.166 e. The summed E-state index contributed by atoms with van der Waals surface area (Å²) in [6, 6.07) is 15.2. The number of para-hydroxylation sites is 1. The summed E-state index contributed by atoms with van der Waals surface area (Å²) in [5, 5.41) is 4.60. The molecule has 0 saturated heterocycles. The Balaban J connectivity index is 1.71. The van der Waals surface area contributed by atoms with Crippen LogP contribution in [0.2, 0.25) is 10.0 Å². The van der Waals surface area contributed by atoms with Crippen LogP contribution in [0, 0.1) is 0 Å². The molecule has 1 aromatic heterocycles. The van der Waals surface area contributed by atoms with Crippen LogP contribution in [0.1, 0.15) is 16.7 Å². The molecule has 0 fully saturated rings. The Labute approximate surface area is 169 Å². The fourth-order valence-electron chi connectivity index (χ4n) is 2.66. The summed E-state index contributed by atoms with van der Waals surface area (Å²) in [7, 11) is 1.63. The van der Waals surface area contributed by atoms with Crippen molar-refractivity contribution in [2.75, 3.05) is 7.11 Å². The number of aromatic nitrogens is 1. The normalized spacial score (nSPS) is 10.6. The number of rotatable bonds is 8. The molecule has 0 unspecified atom stereocenters. The molecule has 0 spiro atoms. The Morgan fingerprint density at radius 2 is 1.78 bits per heavy atom. The number of pyridine rings is 1. The van der Waals surface area contributed by atoms with E-state index in [2.05, 4.69) is 10.3 Å². The zero-order valence-corrected chi connectivity index (χ0v) is 16.4. The highest BCUT2D eigenvalue weighted by Gasteiger charge is 2.12. The minimum absolute atomic E-state index is 0.327. The number of nitrogens with one attached hydrogen (secondary N) is 1. The molecule has 0 amide bonds. The van der Waals surface area contributed by atoms with E-state index in [1.54, 1.807) is 31.6 Å². The maximum absolute atomic E-state index is 6.25. The summed E-state index contributed by atoms with van der Waals surface area (Å²) in [5.41, 5.74) is 3.04. The first kappa shape index (κ1) is 19.5. The maximum Gasteiger partial charge on any atom is 0.166 e.